The van der Waals surface area contributed by atoms with Crippen LogP contribution in [0.2, 0.25) is 0 Å². The Balaban J connectivity index is 1.78. The van der Waals surface area contributed by atoms with Crippen molar-refractivity contribution >= 4 is 0 Å². The lowest BCUT2D eigenvalue weighted by Crippen LogP contribution is -1.95. The smallest absolute Gasteiger partial charge is 0.0841 e. The van der Waals surface area contributed by atoms with Gasteiger partial charge in [0.25, 0.3) is 0 Å². The van der Waals surface area contributed by atoms with E-state index < -0.39 is 0 Å². The number of aliphatic hydroxyl groups excluding tert-OH is 1. The van der Waals surface area contributed by atoms with Crippen molar-refractivity contribution in [3.05, 3.63) is 0 Å². The van der Waals surface area contributed by atoms with Crippen LogP contribution >= 0.6 is 0 Å². The van der Waals surface area contributed by atoms with Crippen molar-refractivity contribution in [2.24, 2.45) is 0 Å². The van der Waals surface area contributed by atoms with Crippen molar-refractivity contribution < 1.29 is 9.84 Å². The van der Waals surface area contributed by atoms with Gasteiger partial charge in [-0.05, 0) is 25.7 Å². The Hall–Kier alpha value is -0.0800. The van der Waals surface area contributed by atoms with Gasteiger partial charge in [-0.1, -0.05) is 45.4 Å². The zero-order chi connectivity index (χ0) is 11.6. The fourth-order valence-electron chi connectivity index (χ4n) is 2.27. The van der Waals surface area contributed by atoms with Crippen LogP contribution in [0.1, 0.15) is 71.1 Å². The molecule has 96 valence electrons. The molecule has 0 amide bonds. The summed E-state index contributed by atoms with van der Waals surface area (Å²) >= 11 is 0. The molecule has 2 heteroatoms. The molecule has 1 heterocycles. The van der Waals surface area contributed by atoms with Gasteiger partial charge in [0.1, 0.15) is 0 Å². The third-order valence-electron chi connectivity index (χ3n) is 3.43. The highest BCUT2D eigenvalue weighted by Crippen LogP contribution is 2.31. The van der Waals surface area contributed by atoms with E-state index in [1.807, 2.05) is 0 Å². The number of rotatable bonds is 11. The minimum absolute atomic E-state index is 0.328. The maximum absolute atomic E-state index is 8.67. The summed E-state index contributed by atoms with van der Waals surface area (Å²) in [6.45, 7) is 2.59. The highest BCUT2D eigenvalue weighted by molar-refractivity contribution is 4.84. The molecule has 1 fully saturated rings. The number of aliphatic hydroxyl groups is 1. The van der Waals surface area contributed by atoms with E-state index in [1.54, 1.807) is 0 Å². The first kappa shape index (κ1) is 14.0. The number of ether oxygens (including phenoxy) is 1. The van der Waals surface area contributed by atoms with Crippen LogP contribution in [-0.4, -0.2) is 23.9 Å². The van der Waals surface area contributed by atoms with Gasteiger partial charge in [-0.25, -0.2) is 0 Å². The van der Waals surface area contributed by atoms with Crippen LogP contribution in [0, 0.1) is 0 Å². The van der Waals surface area contributed by atoms with Crippen LogP contribution in [0.25, 0.3) is 0 Å². The molecule has 1 aliphatic heterocycles. The van der Waals surface area contributed by atoms with Crippen LogP contribution in [0.15, 0.2) is 0 Å². The zero-order valence-corrected chi connectivity index (χ0v) is 10.8. The van der Waals surface area contributed by atoms with Crippen LogP contribution in [0.4, 0.5) is 0 Å². The van der Waals surface area contributed by atoms with E-state index in [0.717, 1.165) is 19.3 Å². The number of hydrogen-bond donors (Lipinski definition) is 1. The molecule has 0 bridgehead atoms. The van der Waals surface area contributed by atoms with Crippen LogP contribution in [-0.2, 0) is 4.74 Å². The Bertz CT molecular complexity index is 159. The lowest BCUT2D eigenvalue weighted by atomic mass is 10.1. The first-order valence-electron chi connectivity index (χ1n) is 7.14. The molecule has 0 aliphatic carbocycles. The molecule has 0 spiro atoms. The molecule has 0 aromatic carbocycles. The average Bonchev–Trinajstić information content (AvgIpc) is 3.03. The lowest BCUT2D eigenvalue weighted by molar-refractivity contribution is 0.278. The van der Waals surface area contributed by atoms with Gasteiger partial charge in [0.15, 0.2) is 0 Å². The highest BCUT2D eigenvalue weighted by Gasteiger charge is 2.36. The maximum Gasteiger partial charge on any atom is 0.0841 e. The van der Waals surface area contributed by atoms with E-state index in [-0.39, 0.29) is 0 Å². The molecule has 1 saturated heterocycles. The topological polar surface area (TPSA) is 32.8 Å². The Kier molecular flexibility index (Phi) is 7.87. The molecule has 1 rings (SSSR count). The second-order valence-electron chi connectivity index (χ2n) is 4.99. The zero-order valence-electron chi connectivity index (χ0n) is 10.8. The average molecular weight is 228 g/mol. The second-order valence-corrected chi connectivity index (χ2v) is 4.99. The molecule has 0 saturated carbocycles. The van der Waals surface area contributed by atoms with Crippen LogP contribution < -0.4 is 0 Å². The minimum Gasteiger partial charge on any atom is -0.396 e. The van der Waals surface area contributed by atoms with E-state index in [1.165, 1.54) is 44.9 Å². The van der Waals surface area contributed by atoms with Crippen molar-refractivity contribution in [1.29, 1.82) is 0 Å². The molecule has 16 heavy (non-hydrogen) atoms. The summed E-state index contributed by atoms with van der Waals surface area (Å²) in [6.07, 6.45) is 13.8. The van der Waals surface area contributed by atoms with Crippen LogP contribution in [0.3, 0.4) is 0 Å². The maximum atomic E-state index is 8.67. The molecular formula is C14H28O2. The highest BCUT2D eigenvalue weighted by atomic mass is 16.6. The second kappa shape index (κ2) is 9.00. The van der Waals surface area contributed by atoms with Crippen molar-refractivity contribution in [3.63, 3.8) is 0 Å². The standard InChI is InChI=1S/C14H28O2/c1-2-3-4-5-6-7-10-13-14(16-13)11-8-9-12-15/h13-15H,2-12H2,1H3. The largest absolute Gasteiger partial charge is 0.396 e. The summed E-state index contributed by atoms with van der Waals surface area (Å²) in [4.78, 5) is 0. The van der Waals surface area contributed by atoms with E-state index in [2.05, 4.69) is 6.92 Å². The van der Waals surface area contributed by atoms with Crippen LogP contribution in [0.5, 0.6) is 0 Å². The quantitative estimate of drug-likeness (QED) is 0.432. The number of unbranched alkanes of at least 4 members (excludes halogenated alkanes) is 6. The summed E-state index contributed by atoms with van der Waals surface area (Å²) in [6, 6.07) is 0. The van der Waals surface area contributed by atoms with Gasteiger partial charge >= 0.3 is 0 Å². The minimum atomic E-state index is 0.328. The van der Waals surface area contributed by atoms with Crippen molar-refractivity contribution in [1.82, 2.24) is 0 Å². The van der Waals surface area contributed by atoms with Gasteiger partial charge in [0.2, 0.25) is 0 Å². The number of hydrogen-bond acceptors (Lipinski definition) is 2. The molecule has 0 aromatic heterocycles. The summed E-state index contributed by atoms with van der Waals surface area (Å²) in [5, 5.41) is 8.67. The molecule has 0 radical (unpaired) electrons. The Morgan fingerprint density at radius 2 is 1.38 bits per heavy atom. The SMILES string of the molecule is CCCCCCCCC1OC1CCCCO. The van der Waals surface area contributed by atoms with Gasteiger partial charge < -0.3 is 9.84 Å². The molecular weight excluding hydrogens is 200 g/mol. The predicted molar refractivity (Wildman–Crippen MR) is 67.6 cm³/mol. The third kappa shape index (κ3) is 6.49. The van der Waals surface area contributed by atoms with Gasteiger partial charge in [-0.2, -0.15) is 0 Å². The molecule has 2 unspecified atom stereocenters. The van der Waals surface area contributed by atoms with E-state index in [9.17, 15) is 0 Å². The van der Waals surface area contributed by atoms with Gasteiger partial charge in [0.05, 0.1) is 12.2 Å². The Morgan fingerprint density at radius 3 is 2.00 bits per heavy atom. The Morgan fingerprint density at radius 1 is 0.812 bits per heavy atom. The van der Waals surface area contributed by atoms with E-state index in [0.29, 0.717) is 18.8 Å². The third-order valence-corrected chi connectivity index (χ3v) is 3.43. The molecule has 2 atom stereocenters. The van der Waals surface area contributed by atoms with E-state index >= 15 is 0 Å². The lowest BCUT2D eigenvalue weighted by Gasteiger charge is -1.98. The molecule has 2 nitrogen and oxygen atoms in total. The van der Waals surface area contributed by atoms with Crippen molar-refractivity contribution in [3.8, 4) is 0 Å². The van der Waals surface area contributed by atoms with Gasteiger partial charge in [0, 0.05) is 6.61 Å². The fourth-order valence-corrected chi connectivity index (χ4v) is 2.27. The molecule has 1 aliphatic rings. The summed E-state index contributed by atoms with van der Waals surface area (Å²) in [7, 11) is 0. The summed E-state index contributed by atoms with van der Waals surface area (Å²) < 4.78 is 5.61. The monoisotopic (exact) mass is 228 g/mol. The van der Waals surface area contributed by atoms with E-state index in [4.69, 9.17) is 9.84 Å². The van der Waals surface area contributed by atoms with Crippen molar-refractivity contribution in [2.75, 3.05) is 6.61 Å². The first-order valence-corrected chi connectivity index (χ1v) is 7.14. The predicted octanol–water partition coefficient (Wildman–Crippen LogP) is 3.67. The first-order chi connectivity index (χ1) is 7.88. The summed E-state index contributed by atoms with van der Waals surface area (Å²) in [5.41, 5.74) is 0. The van der Waals surface area contributed by atoms with Gasteiger partial charge in [-0.15, -0.1) is 0 Å². The number of epoxide rings is 1. The molecule has 1 N–H and O–H groups in total. The van der Waals surface area contributed by atoms with Crippen molar-refractivity contribution in [2.45, 2.75) is 83.3 Å². The fraction of sp³-hybridized carbons (Fsp3) is 1.00. The summed E-state index contributed by atoms with van der Waals surface area (Å²) in [5.74, 6) is 0. The normalized spacial score (nSPS) is 23.6. The Labute approximate surface area is 100 Å². The molecule has 0 aromatic rings. The van der Waals surface area contributed by atoms with Gasteiger partial charge in [-0.3, -0.25) is 0 Å².